The van der Waals surface area contributed by atoms with Gasteiger partial charge in [0.05, 0.1) is 0 Å². The predicted octanol–water partition coefficient (Wildman–Crippen LogP) is 13.1. The molecule has 0 fully saturated rings. The number of rotatable bonds is 5. The van der Waals surface area contributed by atoms with Crippen LogP contribution in [0.3, 0.4) is 0 Å². The lowest BCUT2D eigenvalue weighted by atomic mass is 9.85. The molecule has 0 N–H and O–H groups in total. The van der Waals surface area contributed by atoms with Crippen LogP contribution in [0.4, 0.5) is 17.1 Å². The summed E-state index contributed by atoms with van der Waals surface area (Å²) in [5, 5.41) is 10.0. The molecule has 47 heavy (non-hydrogen) atoms. The molecule has 0 spiro atoms. The SMILES string of the molecule is c1ccc(N(c2ccc(-c3c4ccccc4c(-c4ccc5ccccc5c4)c4ccccc34)cc2)c2ccc3ccccc3c2)cc1. The van der Waals surface area contributed by atoms with Gasteiger partial charge in [-0.2, -0.15) is 0 Å². The lowest BCUT2D eigenvalue weighted by molar-refractivity contribution is 1.29. The second-order valence-corrected chi connectivity index (χ2v) is 12.2. The standard InChI is InChI=1S/C46H31N/c1-2-16-38(17-3-1)47(40-29-24-33-13-5-7-15-36(33)31-40)39-27-25-34(26-28-39)45-41-18-8-10-20-43(41)46(44-21-11-9-19-42(44)45)37-23-22-32-12-4-6-14-35(32)30-37/h1-31H. The van der Waals surface area contributed by atoms with Gasteiger partial charge in [-0.3, -0.25) is 0 Å². The van der Waals surface area contributed by atoms with Crippen LogP contribution < -0.4 is 4.90 Å². The highest BCUT2D eigenvalue weighted by molar-refractivity contribution is 6.21. The number of hydrogen-bond acceptors (Lipinski definition) is 1. The van der Waals surface area contributed by atoms with Crippen LogP contribution in [0.25, 0.3) is 65.3 Å². The van der Waals surface area contributed by atoms with Gasteiger partial charge in [-0.1, -0.05) is 146 Å². The van der Waals surface area contributed by atoms with Gasteiger partial charge in [-0.15, -0.1) is 0 Å². The van der Waals surface area contributed by atoms with E-state index in [2.05, 4.69) is 193 Å². The van der Waals surface area contributed by atoms with Crippen molar-refractivity contribution in [2.75, 3.05) is 4.90 Å². The Morgan fingerprint density at radius 3 is 1.26 bits per heavy atom. The van der Waals surface area contributed by atoms with Crippen molar-refractivity contribution in [2.45, 2.75) is 0 Å². The van der Waals surface area contributed by atoms with Gasteiger partial charge in [0.1, 0.15) is 0 Å². The summed E-state index contributed by atoms with van der Waals surface area (Å²) in [6, 6.07) is 68.2. The highest BCUT2D eigenvalue weighted by Crippen LogP contribution is 2.45. The average Bonchev–Trinajstić information content (AvgIpc) is 3.14. The van der Waals surface area contributed by atoms with Crippen molar-refractivity contribution in [3.63, 3.8) is 0 Å². The van der Waals surface area contributed by atoms with Gasteiger partial charge < -0.3 is 4.90 Å². The molecule has 0 saturated carbocycles. The second-order valence-electron chi connectivity index (χ2n) is 12.2. The Labute approximate surface area is 274 Å². The van der Waals surface area contributed by atoms with E-state index in [0.717, 1.165) is 17.1 Å². The fourth-order valence-corrected chi connectivity index (χ4v) is 7.21. The molecule has 0 amide bonds. The Balaban J connectivity index is 1.22. The van der Waals surface area contributed by atoms with Crippen LogP contribution in [0.1, 0.15) is 0 Å². The Hall–Kier alpha value is -6.18. The molecule has 1 nitrogen and oxygen atoms in total. The highest BCUT2D eigenvalue weighted by atomic mass is 15.1. The van der Waals surface area contributed by atoms with Gasteiger partial charge in [0, 0.05) is 17.1 Å². The third-order valence-electron chi connectivity index (χ3n) is 9.39. The van der Waals surface area contributed by atoms with E-state index in [1.807, 2.05) is 0 Å². The number of para-hydroxylation sites is 1. The maximum absolute atomic E-state index is 2.34. The molecule has 0 aliphatic heterocycles. The first-order valence-corrected chi connectivity index (χ1v) is 16.2. The summed E-state index contributed by atoms with van der Waals surface area (Å²) in [5.41, 5.74) is 8.39. The molecule has 0 aliphatic rings. The van der Waals surface area contributed by atoms with Crippen molar-refractivity contribution in [2.24, 2.45) is 0 Å². The van der Waals surface area contributed by atoms with E-state index in [1.165, 1.54) is 65.3 Å². The van der Waals surface area contributed by atoms with Crippen molar-refractivity contribution in [1.82, 2.24) is 0 Å². The minimum Gasteiger partial charge on any atom is -0.310 e. The zero-order valence-electron chi connectivity index (χ0n) is 25.8. The van der Waals surface area contributed by atoms with Gasteiger partial charge in [0.2, 0.25) is 0 Å². The summed E-state index contributed by atoms with van der Waals surface area (Å²) < 4.78 is 0. The van der Waals surface area contributed by atoms with Gasteiger partial charge >= 0.3 is 0 Å². The summed E-state index contributed by atoms with van der Waals surface area (Å²) in [7, 11) is 0. The minimum absolute atomic E-state index is 1.12. The molecule has 0 radical (unpaired) electrons. The van der Waals surface area contributed by atoms with Crippen molar-refractivity contribution in [3.8, 4) is 22.3 Å². The Kier molecular flexibility index (Phi) is 6.54. The van der Waals surface area contributed by atoms with E-state index in [4.69, 9.17) is 0 Å². The zero-order chi connectivity index (χ0) is 31.2. The van der Waals surface area contributed by atoms with Crippen molar-refractivity contribution in [3.05, 3.63) is 188 Å². The number of hydrogen-bond donors (Lipinski definition) is 0. The Morgan fingerprint density at radius 2 is 0.660 bits per heavy atom. The van der Waals surface area contributed by atoms with E-state index in [9.17, 15) is 0 Å². The summed E-state index contributed by atoms with van der Waals surface area (Å²) in [5.74, 6) is 0. The quantitative estimate of drug-likeness (QED) is 0.178. The van der Waals surface area contributed by atoms with Crippen LogP contribution >= 0.6 is 0 Å². The van der Waals surface area contributed by atoms with Crippen LogP contribution in [0.15, 0.2) is 188 Å². The van der Waals surface area contributed by atoms with Gasteiger partial charge in [-0.05, 0) is 108 Å². The van der Waals surface area contributed by atoms with Crippen LogP contribution in [0.2, 0.25) is 0 Å². The fourth-order valence-electron chi connectivity index (χ4n) is 7.21. The van der Waals surface area contributed by atoms with Crippen molar-refractivity contribution in [1.29, 1.82) is 0 Å². The monoisotopic (exact) mass is 597 g/mol. The normalized spacial score (nSPS) is 11.4. The van der Waals surface area contributed by atoms with E-state index < -0.39 is 0 Å². The van der Waals surface area contributed by atoms with Crippen LogP contribution in [0.5, 0.6) is 0 Å². The molecule has 0 bridgehead atoms. The molecule has 9 aromatic carbocycles. The van der Waals surface area contributed by atoms with E-state index in [0.29, 0.717) is 0 Å². The fraction of sp³-hybridized carbons (Fsp3) is 0. The molecule has 0 saturated heterocycles. The molecule has 9 rings (SSSR count). The first kappa shape index (κ1) is 27.2. The third kappa shape index (κ3) is 4.72. The summed E-state index contributed by atoms with van der Waals surface area (Å²) in [4.78, 5) is 2.34. The van der Waals surface area contributed by atoms with Gasteiger partial charge in [0.15, 0.2) is 0 Å². The molecule has 1 heteroatoms. The first-order chi connectivity index (χ1) is 23.3. The molecular formula is C46H31N. The lowest BCUT2D eigenvalue weighted by Gasteiger charge is -2.26. The third-order valence-corrected chi connectivity index (χ3v) is 9.39. The number of nitrogens with zero attached hydrogens (tertiary/aromatic N) is 1. The predicted molar refractivity (Wildman–Crippen MR) is 202 cm³/mol. The summed E-state index contributed by atoms with van der Waals surface area (Å²) in [6.45, 7) is 0. The van der Waals surface area contributed by atoms with Crippen molar-refractivity contribution >= 4 is 60.2 Å². The summed E-state index contributed by atoms with van der Waals surface area (Å²) in [6.07, 6.45) is 0. The average molecular weight is 598 g/mol. The molecule has 220 valence electrons. The van der Waals surface area contributed by atoms with Crippen LogP contribution in [-0.2, 0) is 0 Å². The largest absolute Gasteiger partial charge is 0.310 e. The second kappa shape index (κ2) is 11.3. The van der Waals surface area contributed by atoms with E-state index >= 15 is 0 Å². The van der Waals surface area contributed by atoms with E-state index in [1.54, 1.807) is 0 Å². The first-order valence-electron chi connectivity index (χ1n) is 16.2. The van der Waals surface area contributed by atoms with Gasteiger partial charge in [0.25, 0.3) is 0 Å². The molecule has 9 aromatic rings. The minimum atomic E-state index is 1.12. The summed E-state index contributed by atoms with van der Waals surface area (Å²) >= 11 is 0. The molecule has 0 atom stereocenters. The molecule has 0 unspecified atom stereocenters. The maximum Gasteiger partial charge on any atom is 0.0468 e. The molecule has 0 aromatic heterocycles. The van der Waals surface area contributed by atoms with Gasteiger partial charge in [-0.25, -0.2) is 0 Å². The molecular weight excluding hydrogens is 567 g/mol. The maximum atomic E-state index is 2.34. The Bertz CT molecular complexity index is 2510. The van der Waals surface area contributed by atoms with Crippen LogP contribution in [-0.4, -0.2) is 0 Å². The van der Waals surface area contributed by atoms with Crippen LogP contribution in [0, 0.1) is 0 Å². The van der Waals surface area contributed by atoms with Crippen molar-refractivity contribution < 1.29 is 0 Å². The van der Waals surface area contributed by atoms with E-state index in [-0.39, 0.29) is 0 Å². The topological polar surface area (TPSA) is 3.24 Å². The molecule has 0 aliphatic carbocycles. The number of benzene rings is 9. The lowest BCUT2D eigenvalue weighted by Crippen LogP contribution is -2.09. The molecule has 0 heterocycles. The highest BCUT2D eigenvalue weighted by Gasteiger charge is 2.18. The zero-order valence-corrected chi connectivity index (χ0v) is 25.8. The number of anilines is 3. The Morgan fingerprint density at radius 1 is 0.255 bits per heavy atom. The smallest absolute Gasteiger partial charge is 0.0468 e. The number of fused-ring (bicyclic) bond motifs is 4.